The molecule has 10 nitrogen and oxygen atoms in total. The molecule has 0 aliphatic carbocycles. The number of aryl methyl sites for hydroxylation is 1. The van der Waals surface area contributed by atoms with Crippen LogP contribution in [0.5, 0.6) is 11.5 Å². The van der Waals surface area contributed by atoms with Crippen LogP contribution < -0.4 is 20.2 Å². The van der Waals surface area contributed by atoms with Crippen LogP contribution in [-0.2, 0) is 4.79 Å². The fourth-order valence-corrected chi connectivity index (χ4v) is 3.62. The van der Waals surface area contributed by atoms with Crippen LogP contribution in [0, 0.1) is 20.6 Å². The average Bonchev–Trinajstić information content (AvgIpc) is 2.80. The first kappa shape index (κ1) is 24.9. The van der Waals surface area contributed by atoms with Crippen molar-refractivity contribution in [2.75, 3.05) is 24.0 Å². The average molecular weight is 575 g/mol. The fourth-order valence-electron chi connectivity index (χ4n) is 2.84. The maximum atomic E-state index is 12.3. The number of nitrogens with one attached hydrogen (secondary N) is 2. The molecule has 1 aromatic heterocycles. The molecule has 0 atom stereocenters. The van der Waals surface area contributed by atoms with Gasteiger partial charge in [-0.05, 0) is 72.3 Å². The Kier molecular flexibility index (Phi) is 8.73. The number of nitrogens with zero attached hydrogens (tertiary/aromatic N) is 3. The number of anilines is 2. The zero-order valence-electron chi connectivity index (χ0n) is 18.4. The summed E-state index contributed by atoms with van der Waals surface area (Å²) in [6.07, 6.45) is 2.92. The van der Waals surface area contributed by atoms with E-state index in [0.717, 1.165) is 5.56 Å². The third-order valence-electron chi connectivity index (χ3n) is 4.38. The molecule has 2 aromatic carbocycles. The standard InChI is InChI=1S/C23H22IN5O5/c1-3-33-20-12-16(13-26-28-23-19(29(31)32)5-4-10-25-23)11-18(24)22(20)34-14-21(30)27-17-8-6-15(2)7-9-17/h4-13H,3,14H2,1-2H3,(H,25,28)(H,27,30)/b26-13-. The first-order valence-electron chi connectivity index (χ1n) is 10.2. The highest BCUT2D eigenvalue weighted by Gasteiger charge is 2.15. The van der Waals surface area contributed by atoms with E-state index in [2.05, 4.69) is 43.4 Å². The molecule has 0 radical (unpaired) electrons. The number of carbonyl (C=O) groups excluding carboxylic acids is 1. The number of hydrazone groups is 1. The van der Waals surface area contributed by atoms with Gasteiger partial charge in [0.05, 0.1) is 21.3 Å². The molecule has 0 aliphatic heterocycles. The Labute approximate surface area is 209 Å². The number of hydrogen-bond acceptors (Lipinski definition) is 8. The van der Waals surface area contributed by atoms with Gasteiger partial charge >= 0.3 is 5.69 Å². The summed E-state index contributed by atoms with van der Waals surface area (Å²) in [5.74, 6) is 0.617. The van der Waals surface area contributed by atoms with E-state index in [4.69, 9.17) is 9.47 Å². The molecule has 0 saturated heterocycles. The normalized spacial score (nSPS) is 10.7. The van der Waals surface area contributed by atoms with Gasteiger partial charge in [0, 0.05) is 18.0 Å². The zero-order valence-corrected chi connectivity index (χ0v) is 20.6. The van der Waals surface area contributed by atoms with Crippen LogP contribution in [0.25, 0.3) is 0 Å². The van der Waals surface area contributed by atoms with E-state index in [9.17, 15) is 14.9 Å². The number of benzene rings is 2. The highest BCUT2D eigenvalue weighted by atomic mass is 127. The molecular formula is C23H22IN5O5. The van der Waals surface area contributed by atoms with Gasteiger partial charge in [-0.25, -0.2) is 4.98 Å². The third kappa shape index (κ3) is 6.88. The smallest absolute Gasteiger partial charge is 0.313 e. The van der Waals surface area contributed by atoms with Gasteiger partial charge in [0.2, 0.25) is 5.82 Å². The van der Waals surface area contributed by atoms with Gasteiger partial charge in [-0.15, -0.1) is 0 Å². The molecule has 34 heavy (non-hydrogen) atoms. The van der Waals surface area contributed by atoms with Gasteiger partial charge < -0.3 is 14.8 Å². The molecule has 0 aliphatic rings. The van der Waals surface area contributed by atoms with E-state index in [1.807, 2.05) is 38.1 Å². The topological polar surface area (TPSA) is 128 Å². The van der Waals surface area contributed by atoms with Crippen molar-refractivity contribution in [2.24, 2.45) is 5.10 Å². The van der Waals surface area contributed by atoms with Crippen LogP contribution in [-0.4, -0.2) is 35.2 Å². The minimum atomic E-state index is -0.540. The fraction of sp³-hybridized carbons (Fsp3) is 0.174. The molecule has 0 spiro atoms. The van der Waals surface area contributed by atoms with Crippen molar-refractivity contribution in [2.45, 2.75) is 13.8 Å². The van der Waals surface area contributed by atoms with Crippen molar-refractivity contribution in [3.05, 3.63) is 79.5 Å². The number of halogens is 1. The number of amides is 1. The predicted octanol–water partition coefficient (Wildman–Crippen LogP) is 4.77. The molecular weight excluding hydrogens is 553 g/mol. The molecule has 0 fully saturated rings. The Morgan fingerprint density at radius 3 is 2.71 bits per heavy atom. The second-order valence-corrected chi connectivity index (χ2v) is 8.13. The zero-order chi connectivity index (χ0) is 24.5. The number of hydrogen-bond donors (Lipinski definition) is 2. The van der Waals surface area contributed by atoms with Crippen molar-refractivity contribution in [1.82, 2.24) is 4.98 Å². The molecule has 0 saturated carbocycles. The minimum Gasteiger partial charge on any atom is -0.490 e. The molecule has 11 heteroatoms. The third-order valence-corrected chi connectivity index (χ3v) is 5.18. The summed E-state index contributed by atoms with van der Waals surface area (Å²) in [5, 5.41) is 17.9. The predicted molar refractivity (Wildman–Crippen MR) is 138 cm³/mol. The van der Waals surface area contributed by atoms with E-state index in [1.165, 1.54) is 24.5 Å². The Hall–Kier alpha value is -3.74. The number of aromatic nitrogens is 1. The van der Waals surface area contributed by atoms with Crippen LogP contribution in [0.1, 0.15) is 18.1 Å². The van der Waals surface area contributed by atoms with E-state index >= 15 is 0 Å². The van der Waals surface area contributed by atoms with Crippen LogP contribution in [0.15, 0.2) is 59.8 Å². The maximum Gasteiger partial charge on any atom is 0.313 e. The number of rotatable bonds is 10. The summed E-state index contributed by atoms with van der Waals surface area (Å²) in [5.41, 5.74) is 4.85. The van der Waals surface area contributed by atoms with E-state index in [1.54, 1.807) is 12.1 Å². The number of carbonyl (C=O) groups is 1. The summed E-state index contributed by atoms with van der Waals surface area (Å²) >= 11 is 2.08. The van der Waals surface area contributed by atoms with Gasteiger partial charge in [-0.3, -0.25) is 20.3 Å². The van der Waals surface area contributed by atoms with Crippen molar-refractivity contribution in [1.29, 1.82) is 0 Å². The lowest BCUT2D eigenvalue weighted by Gasteiger charge is -2.14. The lowest BCUT2D eigenvalue weighted by Crippen LogP contribution is -2.20. The summed E-state index contributed by atoms with van der Waals surface area (Å²) in [6, 6.07) is 13.8. The molecule has 3 aromatic rings. The van der Waals surface area contributed by atoms with Gasteiger partial charge in [0.25, 0.3) is 5.91 Å². The van der Waals surface area contributed by atoms with Gasteiger partial charge in [-0.1, -0.05) is 17.7 Å². The molecule has 3 rings (SSSR count). The first-order chi connectivity index (χ1) is 16.4. The maximum absolute atomic E-state index is 12.3. The molecule has 2 N–H and O–H groups in total. The Balaban J connectivity index is 1.70. The van der Waals surface area contributed by atoms with Gasteiger partial charge in [0.1, 0.15) is 0 Å². The van der Waals surface area contributed by atoms with Crippen LogP contribution >= 0.6 is 22.6 Å². The SMILES string of the molecule is CCOc1cc(/C=N\Nc2ncccc2[N+](=O)[O-])cc(I)c1OCC(=O)Nc1ccc(C)cc1. The van der Waals surface area contributed by atoms with E-state index < -0.39 is 4.92 Å². The highest BCUT2D eigenvalue weighted by Crippen LogP contribution is 2.34. The number of pyridine rings is 1. The Bertz CT molecular complexity index is 1200. The first-order valence-corrected chi connectivity index (χ1v) is 11.3. The molecule has 0 unspecified atom stereocenters. The van der Waals surface area contributed by atoms with Crippen LogP contribution in [0.2, 0.25) is 0 Å². The second kappa shape index (κ2) is 11.9. The summed E-state index contributed by atoms with van der Waals surface area (Å²) in [6.45, 7) is 4.01. The monoisotopic (exact) mass is 575 g/mol. The highest BCUT2D eigenvalue weighted by molar-refractivity contribution is 14.1. The van der Waals surface area contributed by atoms with E-state index in [0.29, 0.717) is 32.9 Å². The molecule has 0 bridgehead atoms. The number of nitro groups is 1. The van der Waals surface area contributed by atoms with Crippen LogP contribution in [0.3, 0.4) is 0 Å². The lowest BCUT2D eigenvalue weighted by molar-refractivity contribution is -0.384. The van der Waals surface area contributed by atoms with Crippen molar-refractivity contribution in [3.8, 4) is 11.5 Å². The second-order valence-electron chi connectivity index (χ2n) is 6.96. The molecule has 176 valence electrons. The van der Waals surface area contributed by atoms with Crippen molar-refractivity contribution >= 4 is 51.9 Å². The van der Waals surface area contributed by atoms with Crippen molar-refractivity contribution in [3.63, 3.8) is 0 Å². The summed E-state index contributed by atoms with van der Waals surface area (Å²) in [7, 11) is 0. The molecule has 1 amide bonds. The Morgan fingerprint density at radius 2 is 2.00 bits per heavy atom. The van der Waals surface area contributed by atoms with Crippen molar-refractivity contribution < 1.29 is 19.2 Å². The van der Waals surface area contributed by atoms with Gasteiger partial charge in [-0.2, -0.15) is 5.10 Å². The quantitative estimate of drug-likeness (QED) is 0.154. The minimum absolute atomic E-state index is 0.0306. The van der Waals surface area contributed by atoms with E-state index in [-0.39, 0.29) is 24.0 Å². The molecule has 1 heterocycles. The number of ether oxygens (including phenoxy) is 2. The van der Waals surface area contributed by atoms with Crippen LogP contribution in [0.4, 0.5) is 17.2 Å². The lowest BCUT2D eigenvalue weighted by atomic mass is 10.2. The summed E-state index contributed by atoms with van der Waals surface area (Å²) in [4.78, 5) is 26.8. The largest absolute Gasteiger partial charge is 0.490 e. The van der Waals surface area contributed by atoms with Gasteiger partial charge in [0.15, 0.2) is 18.1 Å². The summed E-state index contributed by atoms with van der Waals surface area (Å²) < 4.78 is 12.2. The Morgan fingerprint density at radius 1 is 1.24 bits per heavy atom.